The number of aromatic nitrogens is 2. The van der Waals surface area contributed by atoms with Crippen LogP contribution in [0.25, 0.3) is 17.0 Å². The Morgan fingerprint density at radius 1 is 1.05 bits per heavy atom. The Morgan fingerprint density at radius 3 is 2.59 bits per heavy atom. The normalized spacial score (nSPS) is 15.0. The minimum Gasteiger partial charge on any atom is -0.491 e. The van der Waals surface area contributed by atoms with Crippen molar-refractivity contribution in [2.45, 2.75) is 53.3 Å². The number of hydrogen-bond acceptors (Lipinski definition) is 6. The summed E-state index contributed by atoms with van der Waals surface area (Å²) in [4.78, 5) is 32.9. The van der Waals surface area contributed by atoms with E-state index in [1.807, 2.05) is 56.3 Å². The number of carbonyl (C=O) groups excluding carboxylic acids is 1. The molecule has 0 amide bonds. The van der Waals surface area contributed by atoms with E-state index in [4.69, 9.17) is 14.5 Å². The van der Waals surface area contributed by atoms with Crippen molar-refractivity contribution in [2.75, 3.05) is 6.61 Å². The Hall–Kier alpha value is -4.69. The Balaban J connectivity index is 1.53. The monoisotopic (exact) mass is 605 g/mol. The lowest BCUT2D eigenvalue weighted by Gasteiger charge is -2.26. The molecule has 0 bridgehead atoms. The van der Waals surface area contributed by atoms with Crippen LogP contribution in [0.15, 0.2) is 100 Å². The molecule has 224 valence electrons. The summed E-state index contributed by atoms with van der Waals surface area (Å²) in [6.07, 6.45) is 3.94. The third-order valence-electron chi connectivity index (χ3n) is 7.63. The molecule has 1 aliphatic heterocycles. The van der Waals surface area contributed by atoms with E-state index in [-0.39, 0.29) is 18.3 Å². The molecule has 6 rings (SSSR count). The molecule has 0 aliphatic carbocycles. The van der Waals surface area contributed by atoms with Crippen LogP contribution in [0.2, 0.25) is 0 Å². The van der Waals surface area contributed by atoms with Gasteiger partial charge in [-0.15, -0.1) is 0 Å². The zero-order valence-corrected chi connectivity index (χ0v) is 26.4. The van der Waals surface area contributed by atoms with Gasteiger partial charge in [-0.1, -0.05) is 77.6 Å². The van der Waals surface area contributed by atoms with Gasteiger partial charge in [-0.2, -0.15) is 0 Å². The molecule has 7 nitrogen and oxygen atoms in total. The second-order valence-corrected chi connectivity index (χ2v) is 12.2. The highest BCUT2D eigenvalue weighted by Gasteiger charge is 2.35. The molecule has 3 heterocycles. The van der Waals surface area contributed by atoms with Crippen molar-refractivity contribution in [1.29, 1.82) is 0 Å². The van der Waals surface area contributed by atoms with Crippen LogP contribution < -0.4 is 19.6 Å². The smallest absolute Gasteiger partial charge is 0.338 e. The highest BCUT2D eigenvalue weighted by atomic mass is 32.1. The molecule has 0 saturated carbocycles. The van der Waals surface area contributed by atoms with Crippen molar-refractivity contribution >= 4 is 34.3 Å². The number of nitrogens with zero attached hydrogens (tertiary/aromatic N) is 3. The van der Waals surface area contributed by atoms with Crippen LogP contribution in [0.3, 0.4) is 0 Å². The SMILES string of the molecule is CCOC(=O)C1=C(C)N=c2s/c(=C/c3cn(Cc4cccc(C)c4)c4ccccc34)c(=O)n2[C@H]1c1ccccc1OC(C)C. The molecular formula is C36H35N3O4S. The first-order valence-corrected chi connectivity index (χ1v) is 15.7. The summed E-state index contributed by atoms with van der Waals surface area (Å²) in [6.45, 7) is 10.5. The van der Waals surface area contributed by atoms with Gasteiger partial charge >= 0.3 is 5.97 Å². The average Bonchev–Trinajstić information content (AvgIpc) is 3.48. The Kier molecular flexibility index (Phi) is 8.10. The summed E-state index contributed by atoms with van der Waals surface area (Å²) < 4.78 is 16.0. The van der Waals surface area contributed by atoms with Gasteiger partial charge in [-0.25, -0.2) is 9.79 Å². The number of ether oxygens (including phenoxy) is 2. The van der Waals surface area contributed by atoms with E-state index in [0.29, 0.717) is 38.5 Å². The Labute approximate surface area is 260 Å². The maximum atomic E-state index is 14.3. The van der Waals surface area contributed by atoms with Crippen LogP contribution in [-0.2, 0) is 16.1 Å². The first kappa shape index (κ1) is 29.4. The third kappa shape index (κ3) is 5.53. The summed E-state index contributed by atoms with van der Waals surface area (Å²) in [6, 6.07) is 23.5. The lowest BCUT2D eigenvalue weighted by atomic mass is 9.95. The van der Waals surface area contributed by atoms with E-state index in [2.05, 4.69) is 54.1 Å². The van der Waals surface area contributed by atoms with E-state index < -0.39 is 12.0 Å². The second kappa shape index (κ2) is 12.1. The number of benzene rings is 3. The van der Waals surface area contributed by atoms with Gasteiger partial charge in [0.1, 0.15) is 11.8 Å². The summed E-state index contributed by atoms with van der Waals surface area (Å²) in [5, 5.41) is 1.06. The molecule has 44 heavy (non-hydrogen) atoms. The molecule has 0 fully saturated rings. The van der Waals surface area contributed by atoms with Crippen molar-refractivity contribution in [3.05, 3.63) is 132 Å². The number of esters is 1. The zero-order valence-electron chi connectivity index (χ0n) is 25.5. The zero-order chi connectivity index (χ0) is 31.0. The molecule has 0 radical (unpaired) electrons. The van der Waals surface area contributed by atoms with Crippen molar-refractivity contribution in [3.63, 3.8) is 0 Å². The molecular weight excluding hydrogens is 570 g/mol. The van der Waals surface area contributed by atoms with E-state index in [9.17, 15) is 9.59 Å². The highest BCUT2D eigenvalue weighted by Crippen LogP contribution is 2.36. The van der Waals surface area contributed by atoms with Gasteiger partial charge in [-0.05, 0) is 58.4 Å². The molecule has 5 aromatic rings. The van der Waals surface area contributed by atoms with Crippen LogP contribution in [0.1, 0.15) is 56.0 Å². The van der Waals surface area contributed by atoms with E-state index >= 15 is 0 Å². The van der Waals surface area contributed by atoms with E-state index in [0.717, 1.165) is 16.5 Å². The molecule has 0 unspecified atom stereocenters. The molecule has 0 saturated heterocycles. The van der Waals surface area contributed by atoms with Crippen molar-refractivity contribution in [1.82, 2.24) is 9.13 Å². The number of aryl methyl sites for hydroxylation is 1. The van der Waals surface area contributed by atoms with Crippen molar-refractivity contribution < 1.29 is 14.3 Å². The fourth-order valence-electron chi connectivity index (χ4n) is 5.82. The Bertz CT molecular complexity index is 2100. The van der Waals surface area contributed by atoms with Gasteiger partial charge in [0, 0.05) is 34.8 Å². The number of fused-ring (bicyclic) bond motifs is 2. The van der Waals surface area contributed by atoms with Crippen LogP contribution in [0, 0.1) is 6.92 Å². The molecule has 8 heteroatoms. The number of hydrogen-bond donors (Lipinski definition) is 0. The standard InChI is InChI=1S/C36H35N3O4S/c1-6-42-35(41)32-24(5)37-36-39(33(32)28-15-8-10-17-30(28)43-22(2)3)34(40)31(44-36)19-26-21-38(29-16-9-7-14-27(26)29)20-25-13-11-12-23(4)18-25/h7-19,21-22,33H,6,20H2,1-5H3/b31-19+/t33-/m0/s1. The number of thiazole rings is 1. The maximum absolute atomic E-state index is 14.3. The summed E-state index contributed by atoms with van der Waals surface area (Å²) in [5.74, 6) is 0.115. The fourth-order valence-corrected chi connectivity index (χ4v) is 6.86. The summed E-state index contributed by atoms with van der Waals surface area (Å²) in [5.41, 5.74) is 5.80. The maximum Gasteiger partial charge on any atom is 0.338 e. The molecule has 1 atom stereocenters. The number of para-hydroxylation sites is 2. The van der Waals surface area contributed by atoms with E-state index in [1.165, 1.54) is 22.5 Å². The minimum atomic E-state index is -0.745. The van der Waals surface area contributed by atoms with Crippen molar-refractivity contribution in [3.8, 4) is 5.75 Å². The predicted octanol–water partition coefficient (Wildman–Crippen LogP) is 5.90. The average molecular weight is 606 g/mol. The largest absolute Gasteiger partial charge is 0.491 e. The highest BCUT2D eigenvalue weighted by molar-refractivity contribution is 7.07. The van der Waals surface area contributed by atoms with Gasteiger partial charge in [0.05, 0.1) is 28.5 Å². The van der Waals surface area contributed by atoms with Gasteiger partial charge in [0.2, 0.25) is 0 Å². The molecule has 0 N–H and O–H groups in total. The predicted molar refractivity (Wildman–Crippen MR) is 175 cm³/mol. The topological polar surface area (TPSA) is 74.8 Å². The Morgan fingerprint density at radius 2 is 1.82 bits per heavy atom. The van der Waals surface area contributed by atoms with Gasteiger partial charge in [0.25, 0.3) is 5.56 Å². The van der Waals surface area contributed by atoms with Gasteiger partial charge in [-0.3, -0.25) is 9.36 Å². The molecule has 1 aliphatic rings. The fraction of sp³-hybridized carbons (Fsp3) is 0.250. The molecule has 3 aromatic carbocycles. The quantitative estimate of drug-likeness (QED) is 0.207. The van der Waals surface area contributed by atoms with Crippen LogP contribution in [0.5, 0.6) is 5.75 Å². The number of rotatable bonds is 8. The van der Waals surface area contributed by atoms with Crippen LogP contribution in [0.4, 0.5) is 0 Å². The molecule has 0 spiro atoms. The minimum absolute atomic E-state index is 0.0970. The molecule has 2 aromatic heterocycles. The van der Waals surface area contributed by atoms with Crippen molar-refractivity contribution in [2.24, 2.45) is 4.99 Å². The van der Waals surface area contributed by atoms with Crippen LogP contribution >= 0.6 is 11.3 Å². The lowest BCUT2D eigenvalue weighted by molar-refractivity contribution is -0.139. The summed E-state index contributed by atoms with van der Waals surface area (Å²) >= 11 is 1.32. The first-order valence-electron chi connectivity index (χ1n) is 14.8. The second-order valence-electron chi connectivity index (χ2n) is 11.2. The third-order valence-corrected chi connectivity index (χ3v) is 8.62. The van der Waals surface area contributed by atoms with E-state index in [1.54, 1.807) is 18.4 Å². The first-order chi connectivity index (χ1) is 21.2. The summed E-state index contributed by atoms with van der Waals surface area (Å²) in [7, 11) is 0. The van der Waals surface area contributed by atoms with Gasteiger partial charge < -0.3 is 14.0 Å². The number of carbonyl (C=O) groups is 1. The number of allylic oxidation sites excluding steroid dienone is 1. The van der Waals surface area contributed by atoms with Gasteiger partial charge in [0.15, 0.2) is 4.80 Å². The lowest BCUT2D eigenvalue weighted by Crippen LogP contribution is -2.40. The van der Waals surface area contributed by atoms with Crippen LogP contribution in [-0.4, -0.2) is 27.8 Å².